The van der Waals surface area contributed by atoms with Gasteiger partial charge in [0.25, 0.3) is 0 Å². The van der Waals surface area contributed by atoms with Crippen LogP contribution in [0.4, 0.5) is 5.69 Å². The standard InChI is InChI=1S/C25H34N2O2/c28-24(19-26-15-17-27(18-16-26)23-9-5-2-6-10-23)20-29-25-13-11-22(12-14-25)21-7-3-1-4-8-21/h2,5-6,9-14,21,24,28H,1,3-4,7-8,15-20H2/t24-/m0/s1. The van der Waals surface area contributed by atoms with Gasteiger partial charge >= 0.3 is 0 Å². The average Bonchev–Trinajstić information content (AvgIpc) is 2.80. The first-order valence-electron chi connectivity index (χ1n) is 11.2. The Bertz CT molecular complexity index is 720. The first-order valence-corrected chi connectivity index (χ1v) is 11.2. The number of aliphatic hydroxyl groups excluding tert-OH is 1. The minimum Gasteiger partial charge on any atom is -0.491 e. The number of para-hydroxylation sites is 1. The molecule has 0 amide bonds. The van der Waals surface area contributed by atoms with Crippen LogP contribution in [-0.2, 0) is 0 Å². The Morgan fingerprint density at radius 2 is 1.55 bits per heavy atom. The highest BCUT2D eigenvalue weighted by atomic mass is 16.5. The predicted octanol–water partition coefficient (Wildman–Crippen LogP) is 4.30. The number of anilines is 1. The molecule has 4 rings (SSSR count). The number of nitrogens with zero attached hydrogens (tertiary/aromatic N) is 2. The summed E-state index contributed by atoms with van der Waals surface area (Å²) >= 11 is 0. The van der Waals surface area contributed by atoms with Crippen molar-refractivity contribution in [2.24, 2.45) is 0 Å². The van der Waals surface area contributed by atoms with Crippen LogP contribution in [0.1, 0.15) is 43.6 Å². The van der Waals surface area contributed by atoms with Gasteiger partial charge in [-0.1, -0.05) is 49.6 Å². The third kappa shape index (κ3) is 5.74. The van der Waals surface area contributed by atoms with Gasteiger partial charge in [0.1, 0.15) is 18.5 Å². The maximum absolute atomic E-state index is 10.4. The molecule has 0 aromatic heterocycles. The molecule has 2 fully saturated rings. The molecular weight excluding hydrogens is 360 g/mol. The fraction of sp³-hybridized carbons (Fsp3) is 0.520. The largest absolute Gasteiger partial charge is 0.491 e. The van der Waals surface area contributed by atoms with Crippen LogP contribution in [-0.4, -0.2) is 55.4 Å². The molecule has 2 aromatic carbocycles. The molecule has 29 heavy (non-hydrogen) atoms. The highest BCUT2D eigenvalue weighted by molar-refractivity contribution is 5.46. The molecule has 1 aliphatic carbocycles. The summed E-state index contributed by atoms with van der Waals surface area (Å²) in [6.07, 6.45) is 6.27. The molecule has 0 unspecified atom stereocenters. The monoisotopic (exact) mass is 394 g/mol. The second-order valence-corrected chi connectivity index (χ2v) is 8.49. The molecule has 4 nitrogen and oxygen atoms in total. The molecule has 1 atom stereocenters. The minimum atomic E-state index is -0.462. The van der Waals surface area contributed by atoms with Gasteiger partial charge in [-0.2, -0.15) is 0 Å². The molecule has 1 saturated carbocycles. The maximum Gasteiger partial charge on any atom is 0.119 e. The van der Waals surface area contributed by atoms with Crippen LogP contribution in [0.15, 0.2) is 54.6 Å². The molecule has 0 radical (unpaired) electrons. The van der Waals surface area contributed by atoms with Crippen molar-refractivity contribution in [1.82, 2.24) is 4.90 Å². The maximum atomic E-state index is 10.4. The number of hydrogen-bond acceptors (Lipinski definition) is 4. The molecule has 156 valence electrons. The van der Waals surface area contributed by atoms with Crippen LogP contribution in [0.5, 0.6) is 5.75 Å². The van der Waals surface area contributed by atoms with Crippen LogP contribution in [0.3, 0.4) is 0 Å². The number of aliphatic hydroxyl groups is 1. The van der Waals surface area contributed by atoms with Gasteiger partial charge in [-0.15, -0.1) is 0 Å². The van der Waals surface area contributed by atoms with Gasteiger partial charge in [0.2, 0.25) is 0 Å². The molecular formula is C25H34N2O2. The van der Waals surface area contributed by atoms with Crippen molar-refractivity contribution in [1.29, 1.82) is 0 Å². The summed E-state index contributed by atoms with van der Waals surface area (Å²) in [7, 11) is 0. The number of hydrogen-bond donors (Lipinski definition) is 1. The lowest BCUT2D eigenvalue weighted by Crippen LogP contribution is -2.49. The van der Waals surface area contributed by atoms with Crippen molar-refractivity contribution < 1.29 is 9.84 Å². The third-order valence-electron chi connectivity index (χ3n) is 6.36. The Morgan fingerprint density at radius 1 is 0.862 bits per heavy atom. The number of β-amino-alcohol motifs (C(OH)–C–C–N with tert-alkyl or cyclic N) is 1. The average molecular weight is 395 g/mol. The summed E-state index contributed by atoms with van der Waals surface area (Å²) < 4.78 is 5.86. The molecule has 4 heteroatoms. The fourth-order valence-corrected chi connectivity index (χ4v) is 4.64. The second kappa shape index (κ2) is 10.1. The number of piperazine rings is 1. The van der Waals surface area contributed by atoms with Crippen molar-refractivity contribution in [2.75, 3.05) is 44.2 Å². The number of rotatable bonds is 7. The summed E-state index contributed by atoms with van der Waals surface area (Å²) in [5.74, 6) is 1.58. The van der Waals surface area contributed by atoms with Crippen LogP contribution in [0.2, 0.25) is 0 Å². The summed E-state index contributed by atoms with van der Waals surface area (Å²) in [5.41, 5.74) is 2.72. The highest BCUT2D eigenvalue weighted by Crippen LogP contribution is 2.33. The summed E-state index contributed by atoms with van der Waals surface area (Å²) in [6, 6.07) is 19.1. The lowest BCUT2D eigenvalue weighted by molar-refractivity contribution is 0.0663. The Kier molecular flexibility index (Phi) is 7.07. The van der Waals surface area contributed by atoms with Crippen LogP contribution in [0, 0.1) is 0 Å². The van der Waals surface area contributed by atoms with E-state index in [1.807, 2.05) is 0 Å². The van der Waals surface area contributed by atoms with E-state index in [2.05, 4.69) is 64.4 Å². The van der Waals surface area contributed by atoms with Gasteiger partial charge in [0.15, 0.2) is 0 Å². The van der Waals surface area contributed by atoms with Gasteiger partial charge < -0.3 is 14.7 Å². The van der Waals surface area contributed by atoms with E-state index in [4.69, 9.17) is 4.74 Å². The second-order valence-electron chi connectivity index (χ2n) is 8.49. The van der Waals surface area contributed by atoms with E-state index >= 15 is 0 Å². The van der Waals surface area contributed by atoms with E-state index in [0.29, 0.717) is 13.2 Å². The quantitative estimate of drug-likeness (QED) is 0.760. The Balaban J connectivity index is 1.18. The number of benzene rings is 2. The van der Waals surface area contributed by atoms with Gasteiger partial charge in [0.05, 0.1) is 0 Å². The molecule has 2 aromatic rings. The minimum absolute atomic E-state index is 0.349. The first-order chi connectivity index (χ1) is 14.3. The van der Waals surface area contributed by atoms with Gasteiger partial charge in [0, 0.05) is 38.4 Å². The molecule has 0 bridgehead atoms. The number of ether oxygens (including phenoxy) is 1. The van der Waals surface area contributed by atoms with E-state index in [9.17, 15) is 5.11 Å². The van der Waals surface area contributed by atoms with E-state index in [0.717, 1.165) is 37.8 Å². The topological polar surface area (TPSA) is 35.9 Å². The normalized spacial score (nSPS) is 19.8. The van der Waals surface area contributed by atoms with Crippen LogP contribution in [0.25, 0.3) is 0 Å². The highest BCUT2D eigenvalue weighted by Gasteiger charge is 2.20. The van der Waals surface area contributed by atoms with Crippen LogP contribution >= 0.6 is 0 Å². The molecule has 1 N–H and O–H groups in total. The fourth-order valence-electron chi connectivity index (χ4n) is 4.64. The smallest absolute Gasteiger partial charge is 0.119 e. The molecule has 1 aliphatic heterocycles. The Morgan fingerprint density at radius 3 is 2.24 bits per heavy atom. The first kappa shape index (κ1) is 20.2. The predicted molar refractivity (Wildman–Crippen MR) is 119 cm³/mol. The van der Waals surface area contributed by atoms with Crippen molar-refractivity contribution in [3.05, 3.63) is 60.2 Å². The zero-order valence-electron chi connectivity index (χ0n) is 17.4. The molecule has 1 heterocycles. The van der Waals surface area contributed by atoms with Crippen LogP contribution < -0.4 is 9.64 Å². The summed E-state index contributed by atoms with van der Waals surface area (Å²) in [5, 5.41) is 10.4. The van der Waals surface area contributed by atoms with Crippen molar-refractivity contribution in [3.8, 4) is 5.75 Å². The van der Waals surface area contributed by atoms with Crippen molar-refractivity contribution in [2.45, 2.75) is 44.1 Å². The van der Waals surface area contributed by atoms with Crippen molar-refractivity contribution >= 4 is 5.69 Å². The van der Waals surface area contributed by atoms with E-state index in [1.165, 1.54) is 43.4 Å². The Labute approximate surface area is 175 Å². The molecule has 0 spiro atoms. The van der Waals surface area contributed by atoms with E-state index < -0.39 is 6.10 Å². The van der Waals surface area contributed by atoms with E-state index in [1.54, 1.807) is 0 Å². The summed E-state index contributed by atoms with van der Waals surface area (Å²) in [6.45, 7) is 4.97. The third-order valence-corrected chi connectivity index (χ3v) is 6.36. The lowest BCUT2D eigenvalue weighted by atomic mass is 9.84. The lowest BCUT2D eigenvalue weighted by Gasteiger charge is -2.36. The Hall–Kier alpha value is -2.04. The van der Waals surface area contributed by atoms with E-state index in [-0.39, 0.29) is 0 Å². The van der Waals surface area contributed by atoms with Gasteiger partial charge in [-0.05, 0) is 48.6 Å². The SMILES string of the molecule is O[C@H](COc1ccc(C2CCCCC2)cc1)CN1CCN(c2ccccc2)CC1. The summed E-state index contributed by atoms with van der Waals surface area (Å²) in [4.78, 5) is 4.74. The van der Waals surface area contributed by atoms with Gasteiger partial charge in [-0.25, -0.2) is 0 Å². The van der Waals surface area contributed by atoms with Crippen molar-refractivity contribution in [3.63, 3.8) is 0 Å². The molecule has 2 aliphatic rings. The zero-order chi connectivity index (χ0) is 19.9. The van der Waals surface area contributed by atoms with Gasteiger partial charge in [-0.3, -0.25) is 4.90 Å². The zero-order valence-corrected chi connectivity index (χ0v) is 17.4. The molecule has 1 saturated heterocycles.